The molecule has 98 valence electrons. The molecule has 0 aliphatic rings. The topological polar surface area (TPSA) is 45.4 Å². The molecule has 0 saturated heterocycles. The van der Waals surface area contributed by atoms with Crippen LogP contribution < -0.4 is 5.32 Å². The van der Waals surface area contributed by atoms with Gasteiger partial charge in [0.2, 0.25) is 0 Å². The number of aliphatic hydroxyl groups excluding tert-OH is 1. The zero-order chi connectivity index (χ0) is 13.0. The summed E-state index contributed by atoms with van der Waals surface area (Å²) in [6.45, 7) is 5.16. The molecule has 0 saturated carbocycles. The normalized spacial score (nSPS) is 14.8. The number of hydrogen-bond donors (Lipinski definition) is 2. The van der Waals surface area contributed by atoms with Crippen molar-refractivity contribution >= 4 is 11.0 Å². The number of fused-ring (bicyclic) bond motifs is 1. The fourth-order valence-corrected chi connectivity index (χ4v) is 2.06. The van der Waals surface area contributed by atoms with Crippen LogP contribution in [0.4, 0.5) is 0 Å². The maximum absolute atomic E-state index is 9.08. The highest BCUT2D eigenvalue weighted by Gasteiger charge is 2.20. The van der Waals surface area contributed by atoms with Crippen molar-refractivity contribution in [2.45, 2.75) is 38.8 Å². The third-order valence-corrected chi connectivity index (χ3v) is 3.61. The second kappa shape index (κ2) is 5.55. The van der Waals surface area contributed by atoms with E-state index in [1.807, 2.05) is 18.2 Å². The summed E-state index contributed by atoms with van der Waals surface area (Å²) in [5.74, 6) is 0.939. The fourth-order valence-electron chi connectivity index (χ4n) is 2.06. The number of hydrogen-bond acceptors (Lipinski definition) is 3. The lowest BCUT2D eigenvalue weighted by Crippen LogP contribution is -2.41. The van der Waals surface area contributed by atoms with Crippen LogP contribution in [-0.4, -0.2) is 17.3 Å². The van der Waals surface area contributed by atoms with E-state index in [1.54, 1.807) is 0 Å². The van der Waals surface area contributed by atoms with Crippen LogP contribution >= 0.6 is 0 Å². The predicted molar refractivity (Wildman–Crippen MR) is 73.5 cm³/mol. The highest BCUT2D eigenvalue weighted by atomic mass is 16.3. The average molecular weight is 247 g/mol. The van der Waals surface area contributed by atoms with Gasteiger partial charge in [0.25, 0.3) is 0 Å². The van der Waals surface area contributed by atoms with Crippen molar-refractivity contribution in [1.29, 1.82) is 0 Å². The van der Waals surface area contributed by atoms with Gasteiger partial charge in [-0.05, 0) is 31.9 Å². The number of para-hydroxylation sites is 1. The van der Waals surface area contributed by atoms with Crippen molar-refractivity contribution in [3.05, 3.63) is 36.1 Å². The third kappa shape index (κ3) is 2.92. The lowest BCUT2D eigenvalue weighted by Gasteiger charge is -2.28. The van der Waals surface area contributed by atoms with E-state index in [9.17, 15) is 0 Å². The van der Waals surface area contributed by atoms with E-state index in [2.05, 4.69) is 31.3 Å². The van der Waals surface area contributed by atoms with Crippen molar-refractivity contribution in [2.75, 3.05) is 6.61 Å². The summed E-state index contributed by atoms with van der Waals surface area (Å²) in [5, 5.41) is 13.7. The first-order valence-electron chi connectivity index (χ1n) is 6.50. The quantitative estimate of drug-likeness (QED) is 0.824. The Hall–Kier alpha value is -1.32. The van der Waals surface area contributed by atoms with Gasteiger partial charge in [0, 0.05) is 17.5 Å². The molecule has 0 aliphatic heterocycles. The second-order valence-corrected chi connectivity index (χ2v) is 4.99. The van der Waals surface area contributed by atoms with E-state index in [0.29, 0.717) is 6.54 Å². The summed E-state index contributed by atoms with van der Waals surface area (Å²) in [6, 6.07) is 10.1. The maximum Gasteiger partial charge on any atom is 0.134 e. The zero-order valence-electron chi connectivity index (χ0n) is 11.1. The largest absolute Gasteiger partial charge is 0.460 e. The van der Waals surface area contributed by atoms with Crippen molar-refractivity contribution < 1.29 is 9.52 Å². The number of furan rings is 1. The zero-order valence-corrected chi connectivity index (χ0v) is 11.1. The van der Waals surface area contributed by atoms with E-state index in [1.165, 1.54) is 0 Å². The molecule has 2 aromatic rings. The van der Waals surface area contributed by atoms with Crippen molar-refractivity contribution in [3.63, 3.8) is 0 Å². The predicted octanol–water partition coefficient (Wildman–Crippen LogP) is 3.07. The third-order valence-electron chi connectivity index (χ3n) is 3.61. The first kappa shape index (κ1) is 13.1. The molecule has 0 bridgehead atoms. The maximum atomic E-state index is 9.08. The van der Waals surface area contributed by atoms with Crippen LogP contribution in [0.3, 0.4) is 0 Å². The van der Waals surface area contributed by atoms with Gasteiger partial charge in [-0.25, -0.2) is 0 Å². The van der Waals surface area contributed by atoms with E-state index in [-0.39, 0.29) is 12.1 Å². The molecule has 1 aromatic carbocycles. The summed E-state index contributed by atoms with van der Waals surface area (Å²) in [4.78, 5) is 0. The Bertz CT molecular complexity index is 473. The van der Waals surface area contributed by atoms with Gasteiger partial charge in [0.15, 0.2) is 0 Å². The molecule has 18 heavy (non-hydrogen) atoms. The molecule has 1 heterocycles. The molecule has 0 amide bonds. The Balaban J connectivity index is 2.05. The molecule has 0 aliphatic carbocycles. The van der Waals surface area contributed by atoms with Crippen LogP contribution in [-0.2, 0) is 6.54 Å². The smallest absolute Gasteiger partial charge is 0.134 e. The summed E-state index contributed by atoms with van der Waals surface area (Å²) in [6.07, 6.45) is 1.73. The molecule has 2 N–H and O–H groups in total. The van der Waals surface area contributed by atoms with Gasteiger partial charge < -0.3 is 14.8 Å². The Morgan fingerprint density at radius 1 is 1.33 bits per heavy atom. The van der Waals surface area contributed by atoms with Gasteiger partial charge in [-0.2, -0.15) is 0 Å². The molecule has 0 fully saturated rings. The van der Waals surface area contributed by atoms with Crippen LogP contribution in [0.5, 0.6) is 0 Å². The molecular formula is C15H21NO2. The molecular weight excluding hydrogens is 226 g/mol. The van der Waals surface area contributed by atoms with Gasteiger partial charge >= 0.3 is 0 Å². The second-order valence-electron chi connectivity index (χ2n) is 4.99. The van der Waals surface area contributed by atoms with Crippen molar-refractivity contribution in [3.8, 4) is 0 Å². The monoisotopic (exact) mass is 247 g/mol. The first-order chi connectivity index (χ1) is 8.67. The van der Waals surface area contributed by atoms with Gasteiger partial charge in [-0.15, -0.1) is 0 Å². The number of benzene rings is 1. The number of nitrogens with one attached hydrogen (secondary N) is 1. The average Bonchev–Trinajstić information content (AvgIpc) is 2.79. The molecule has 3 heteroatoms. The molecule has 0 spiro atoms. The Kier molecular flexibility index (Phi) is 4.04. The van der Waals surface area contributed by atoms with Gasteiger partial charge in [-0.1, -0.05) is 25.1 Å². The summed E-state index contributed by atoms with van der Waals surface area (Å²) in [5.41, 5.74) is 0.892. The molecule has 3 nitrogen and oxygen atoms in total. The van der Waals surface area contributed by atoms with Crippen LogP contribution in [0.2, 0.25) is 0 Å². The lowest BCUT2D eigenvalue weighted by atomic mass is 9.95. The highest BCUT2D eigenvalue weighted by molar-refractivity contribution is 5.77. The van der Waals surface area contributed by atoms with Crippen LogP contribution in [0.25, 0.3) is 11.0 Å². The van der Waals surface area contributed by atoms with E-state index < -0.39 is 0 Å². The van der Waals surface area contributed by atoms with Crippen LogP contribution in [0.15, 0.2) is 34.7 Å². The first-order valence-corrected chi connectivity index (χ1v) is 6.50. The highest BCUT2D eigenvalue weighted by Crippen LogP contribution is 2.20. The van der Waals surface area contributed by atoms with Crippen LogP contribution in [0, 0.1) is 0 Å². The van der Waals surface area contributed by atoms with E-state index in [4.69, 9.17) is 9.52 Å². The van der Waals surface area contributed by atoms with Crippen molar-refractivity contribution in [1.82, 2.24) is 5.32 Å². The minimum absolute atomic E-state index is 0.0340. The number of aliphatic hydroxyl groups is 1. The fraction of sp³-hybridized carbons (Fsp3) is 0.467. The molecule has 1 unspecified atom stereocenters. The minimum atomic E-state index is -0.0340. The van der Waals surface area contributed by atoms with E-state index >= 15 is 0 Å². The summed E-state index contributed by atoms with van der Waals surface area (Å²) in [7, 11) is 0. The molecule has 1 aromatic heterocycles. The van der Waals surface area contributed by atoms with Gasteiger partial charge in [0.1, 0.15) is 11.3 Å². The lowest BCUT2D eigenvalue weighted by molar-refractivity contribution is 0.212. The standard InChI is InChI=1S/C15H21NO2/c1-3-15(2,8-9-17)16-11-13-10-12-6-4-5-7-14(12)18-13/h4-7,10,16-17H,3,8-9,11H2,1-2H3. The number of rotatable bonds is 6. The SMILES string of the molecule is CCC(C)(CCO)NCc1cc2ccccc2o1. The Morgan fingerprint density at radius 3 is 2.78 bits per heavy atom. The van der Waals surface area contributed by atoms with Gasteiger partial charge in [0.05, 0.1) is 6.54 Å². The minimum Gasteiger partial charge on any atom is -0.460 e. The summed E-state index contributed by atoms with van der Waals surface area (Å²) < 4.78 is 5.76. The van der Waals surface area contributed by atoms with Gasteiger partial charge in [-0.3, -0.25) is 0 Å². The molecule has 1 atom stereocenters. The van der Waals surface area contributed by atoms with E-state index in [0.717, 1.165) is 29.6 Å². The molecule has 2 rings (SSSR count). The summed E-state index contributed by atoms with van der Waals surface area (Å²) >= 11 is 0. The Labute approximate surface area is 108 Å². The van der Waals surface area contributed by atoms with Crippen molar-refractivity contribution in [2.24, 2.45) is 0 Å². The Morgan fingerprint density at radius 2 is 2.11 bits per heavy atom. The van der Waals surface area contributed by atoms with Crippen LogP contribution in [0.1, 0.15) is 32.4 Å². The molecule has 0 radical (unpaired) electrons.